The van der Waals surface area contributed by atoms with Gasteiger partial charge in [0.1, 0.15) is 11.4 Å². The molecule has 0 atom stereocenters. The number of fused-ring (bicyclic) bond motifs is 1. The highest BCUT2D eigenvalue weighted by molar-refractivity contribution is 5.41. The van der Waals surface area contributed by atoms with Crippen molar-refractivity contribution >= 4 is 0 Å². The molecule has 1 spiro atoms. The Labute approximate surface area is 85.1 Å². The van der Waals surface area contributed by atoms with Gasteiger partial charge in [0.15, 0.2) is 0 Å². The van der Waals surface area contributed by atoms with Crippen LogP contribution in [-0.2, 0) is 0 Å². The highest BCUT2D eigenvalue weighted by Gasteiger charge is 2.38. The van der Waals surface area contributed by atoms with Gasteiger partial charge in [-0.2, -0.15) is 0 Å². The molecule has 1 radical (unpaired) electrons. The van der Waals surface area contributed by atoms with Gasteiger partial charge in [-0.3, -0.25) is 0 Å². The summed E-state index contributed by atoms with van der Waals surface area (Å²) in [5.74, 6) is 1.08. The molecular formula is C13H15O. The molecule has 1 aromatic carbocycles. The maximum Gasteiger partial charge on any atom is 0.123 e. The Kier molecular flexibility index (Phi) is 1.79. The normalized spacial score (nSPS) is 23.1. The summed E-state index contributed by atoms with van der Waals surface area (Å²) in [6.07, 6.45) is 8.57. The van der Waals surface area contributed by atoms with Gasteiger partial charge in [0.25, 0.3) is 0 Å². The summed E-state index contributed by atoms with van der Waals surface area (Å²) in [7, 11) is 0. The minimum atomic E-state index is 0.161. The quantitative estimate of drug-likeness (QED) is 0.605. The van der Waals surface area contributed by atoms with Crippen LogP contribution in [0.15, 0.2) is 24.3 Å². The van der Waals surface area contributed by atoms with Crippen LogP contribution in [0.3, 0.4) is 0 Å². The maximum absolute atomic E-state index is 6.15. The third kappa shape index (κ3) is 1.23. The van der Waals surface area contributed by atoms with Crippen LogP contribution >= 0.6 is 0 Å². The van der Waals surface area contributed by atoms with Crippen molar-refractivity contribution in [3.8, 4) is 5.75 Å². The maximum atomic E-state index is 6.15. The van der Waals surface area contributed by atoms with E-state index in [1.807, 2.05) is 0 Å². The SMILES string of the molecule is [CH]1CC2(CCCC2)Oc2ccccc21. The van der Waals surface area contributed by atoms with E-state index in [0.717, 1.165) is 12.2 Å². The summed E-state index contributed by atoms with van der Waals surface area (Å²) in [6, 6.07) is 8.36. The first-order valence-corrected chi connectivity index (χ1v) is 5.49. The van der Waals surface area contributed by atoms with E-state index in [0.29, 0.717) is 0 Å². The summed E-state index contributed by atoms with van der Waals surface area (Å²) in [5, 5.41) is 0. The molecule has 14 heavy (non-hydrogen) atoms. The van der Waals surface area contributed by atoms with Crippen LogP contribution in [0.25, 0.3) is 0 Å². The molecule has 0 bridgehead atoms. The highest BCUT2D eigenvalue weighted by atomic mass is 16.5. The molecule has 73 valence electrons. The summed E-state index contributed by atoms with van der Waals surface area (Å²) >= 11 is 0. The molecular weight excluding hydrogens is 172 g/mol. The lowest BCUT2D eigenvalue weighted by molar-refractivity contribution is 0.0664. The molecule has 2 aliphatic rings. The number of benzene rings is 1. The van der Waals surface area contributed by atoms with Gasteiger partial charge in [0, 0.05) is 0 Å². The molecule has 1 nitrogen and oxygen atoms in total. The predicted octanol–water partition coefficient (Wildman–Crippen LogP) is 3.33. The Morgan fingerprint density at radius 3 is 2.71 bits per heavy atom. The van der Waals surface area contributed by atoms with Crippen molar-refractivity contribution in [1.29, 1.82) is 0 Å². The smallest absolute Gasteiger partial charge is 0.123 e. The Balaban J connectivity index is 1.92. The van der Waals surface area contributed by atoms with Gasteiger partial charge in [-0.05, 0) is 50.2 Å². The first-order chi connectivity index (χ1) is 6.88. The third-order valence-electron chi connectivity index (χ3n) is 3.45. The second-order valence-corrected chi connectivity index (χ2v) is 4.44. The van der Waals surface area contributed by atoms with Crippen molar-refractivity contribution in [3.63, 3.8) is 0 Å². The van der Waals surface area contributed by atoms with E-state index in [4.69, 9.17) is 4.74 Å². The van der Waals surface area contributed by atoms with E-state index in [2.05, 4.69) is 30.7 Å². The Hall–Kier alpha value is -0.980. The number of rotatable bonds is 0. The molecule has 0 amide bonds. The van der Waals surface area contributed by atoms with E-state index in [1.54, 1.807) is 0 Å². The molecule has 1 saturated carbocycles. The van der Waals surface area contributed by atoms with Gasteiger partial charge in [0.05, 0.1) is 0 Å². The van der Waals surface area contributed by atoms with E-state index >= 15 is 0 Å². The number of ether oxygens (including phenoxy) is 1. The zero-order valence-electron chi connectivity index (χ0n) is 8.33. The molecule has 1 aliphatic heterocycles. The van der Waals surface area contributed by atoms with Crippen LogP contribution in [0, 0.1) is 6.42 Å². The fourth-order valence-corrected chi connectivity index (χ4v) is 2.64. The van der Waals surface area contributed by atoms with E-state index in [1.165, 1.54) is 31.2 Å². The zero-order chi connectivity index (χ0) is 9.43. The van der Waals surface area contributed by atoms with Gasteiger partial charge in [-0.25, -0.2) is 0 Å². The van der Waals surface area contributed by atoms with Gasteiger partial charge < -0.3 is 4.74 Å². The first kappa shape index (κ1) is 8.34. The molecule has 1 fully saturated rings. The summed E-state index contributed by atoms with van der Waals surface area (Å²) in [4.78, 5) is 0. The van der Waals surface area contributed by atoms with Crippen molar-refractivity contribution in [3.05, 3.63) is 36.2 Å². The lowest BCUT2D eigenvalue weighted by Gasteiger charge is -2.35. The Morgan fingerprint density at radius 1 is 1.07 bits per heavy atom. The highest BCUT2D eigenvalue weighted by Crippen LogP contribution is 2.43. The fraction of sp³-hybridized carbons (Fsp3) is 0.462. The second kappa shape index (κ2) is 3.01. The van der Waals surface area contributed by atoms with Gasteiger partial charge >= 0.3 is 0 Å². The molecule has 0 N–H and O–H groups in total. The second-order valence-electron chi connectivity index (χ2n) is 4.44. The fourth-order valence-electron chi connectivity index (χ4n) is 2.64. The van der Waals surface area contributed by atoms with Crippen molar-refractivity contribution < 1.29 is 4.74 Å². The minimum Gasteiger partial charge on any atom is -0.487 e. The van der Waals surface area contributed by atoms with E-state index in [9.17, 15) is 0 Å². The number of para-hydroxylation sites is 1. The van der Waals surface area contributed by atoms with Crippen molar-refractivity contribution in [1.82, 2.24) is 0 Å². The molecule has 0 saturated heterocycles. The zero-order valence-corrected chi connectivity index (χ0v) is 8.33. The Bertz CT molecular complexity index is 337. The van der Waals surface area contributed by atoms with Crippen molar-refractivity contribution in [2.24, 2.45) is 0 Å². The average Bonchev–Trinajstić information content (AvgIpc) is 2.66. The molecule has 0 unspecified atom stereocenters. The minimum absolute atomic E-state index is 0.161. The molecule has 1 aromatic rings. The van der Waals surface area contributed by atoms with Crippen LogP contribution in [-0.4, -0.2) is 5.60 Å². The molecule has 3 rings (SSSR count). The lowest BCUT2D eigenvalue weighted by atomic mass is 9.90. The van der Waals surface area contributed by atoms with E-state index in [-0.39, 0.29) is 5.60 Å². The molecule has 1 heteroatoms. The lowest BCUT2D eigenvalue weighted by Crippen LogP contribution is -2.35. The van der Waals surface area contributed by atoms with Gasteiger partial charge in [-0.15, -0.1) is 0 Å². The van der Waals surface area contributed by atoms with Crippen LogP contribution in [0.4, 0.5) is 0 Å². The van der Waals surface area contributed by atoms with Crippen LogP contribution in [0.1, 0.15) is 37.7 Å². The number of hydrogen-bond donors (Lipinski definition) is 0. The molecule has 1 aliphatic carbocycles. The van der Waals surface area contributed by atoms with Crippen molar-refractivity contribution in [2.75, 3.05) is 0 Å². The summed E-state index contributed by atoms with van der Waals surface area (Å²) in [6.45, 7) is 0. The largest absolute Gasteiger partial charge is 0.487 e. The van der Waals surface area contributed by atoms with E-state index < -0.39 is 0 Å². The van der Waals surface area contributed by atoms with Crippen molar-refractivity contribution in [2.45, 2.75) is 37.7 Å². The number of hydrogen-bond acceptors (Lipinski definition) is 1. The first-order valence-electron chi connectivity index (χ1n) is 5.49. The van der Waals surface area contributed by atoms with Crippen LogP contribution < -0.4 is 4.74 Å². The van der Waals surface area contributed by atoms with Gasteiger partial charge in [-0.1, -0.05) is 18.2 Å². The predicted molar refractivity (Wildman–Crippen MR) is 56.3 cm³/mol. The Morgan fingerprint density at radius 2 is 1.86 bits per heavy atom. The average molecular weight is 187 g/mol. The van der Waals surface area contributed by atoms with Crippen LogP contribution in [0.5, 0.6) is 5.75 Å². The third-order valence-corrected chi connectivity index (χ3v) is 3.45. The van der Waals surface area contributed by atoms with Gasteiger partial charge in [0.2, 0.25) is 0 Å². The monoisotopic (exact) mass is 187 g/mol. The molecule has 1 heterocycles. The summed E-state index contributed by atoms with van der Waals surface area (Å²) < 4.78 is 6.15. The summed E-state index contributed by atoms with van der Waals surface area (Å²) in [5.41, 5.74) is 1.43. The topological polar surface area (TPSA) is 9.23 Å². The standard InChI is InChI=1S/C13H15O/c1-2-6-12-11(5-1)7-10-13(14-12)8-3-4-9-13/h1-2,5-7H,3-4,8-10H2. The molecule has 0 aromatic heterocycles. The van der Waals surface area contributed by atoms with Crippen LogP contribution in [0.2, 0.25) is 0 Å².